The van der Waals surface area contributed by atoms with Crippen molar-refractivity contribution in [3.05, 3.63) is 34.9 Å². The number of nitrogens with one attached hydrogen (secondary N) is 1. The molecule has 1 aliphatic heterocycles. The van der Waals surface area contributed by atoms with Gasteiger partial charge in [0.25, 0.3) is 0 Å². The minimum atomic E-state index is -0.136. The standard InChI is InChI=1S/C16H25NO/c1-5-17-14-8-9-18-16(4,11-14)15-7-6-12(2)10-13(15)3/h6-7,10,14,17H,5,8-9,11H2,1-4H3. The molecule has 18 heavy (non-hydrogen) atoms. The molecule has 0 radical (unpaired) electrons. The van der Waals surface area contributed by atoms with E-state index in [1.165, 1.54) is 16.7 Å². The first-order valence-corrected chi connectivity index (χ1v) is 7.00. The summed E-state index contributed by atoms with van der Waals surface area (Å²) in [4.78, 5) is 0. The zero-order chi connectivity index (χ0) is 13.2. The van der Waals surface area contributed by atoms with E-state index in [0.717, 1.165) is 26.0 Å². The fourth-order valence-corrected chi connectivity index (χ4v) is 3.12. The SMILES string of the molecule is CCNC1CCOC(C)(c2ccc(C)cc2C)C1. The van der Waals surface area contributed by atoms with Gasteiger partial charge in [-0.15, -0.1) is 0 Å². The van der Waals surface area contributed by atoms with Crippen LogP contribution in [-0.2, 0) is 10.3 Å². The van der Waals surface area contributed by atoms with Gasteiger partial charge in [0.05, 0.1) is 5.60 Å². The molecule has 2 heteroatoms. The molecule has 0 amide bonds. The van der Waals surface area contributed by atoms with Crippen LogP contribution in [0.1, 0.15) is 43.4 Å². The third-order valence-electron chi connectivity index (χ3n) is 3.97. The van der Waals surface area contributed by atoms with Crippen molar-refractivity contribution in [2.24, 2.45) is 0 Å². The third-order valence-corrected chi connectivity index (χ3v) is 3.97. The first kappa shape index (κ1) is 13.6. The van der Waals surface area contributed by atoms with Crippen LogP contribution >= 0.6 is 0 Å². The first-order chi connectivity index (χ1) is 8.55. The van der Waals surface area contributed by atoms with E-state index >= 15 is 0 Å². The highest BCUT2D eigenvalue weighted by molar-refractivity contribution is 5.35. The number of aryl methyl sites for hydroxylation is 2. The van der Waals surface area contributed by atoms with E-state index in [-0.39, 0.29) is 5.60 Å². The van der Waals surface area contributed by atoms with Crippen molar-refractivity contribution >= 4 is 0 Å². The zero-order valence-electron chi connectivity index (χ0n) is 12.0. The van der Waals surface area contributed by atoms with E-state index < -0.39 is 0 Å². The topological polar surface area (TPSA) is 21.3 Å². The van der Waals surface area contributed by atoms with Crippen molar-refractivity contribution in [1.82, 2.24) is 5.32 Å². The molecule has 2 nitrogen and oxygen atoms in total. The summed E-state index contributed by atoms with van der Waals surface area (Å²) < 4.78 is 6.11. The van der Waals surface area contributed by atoms with E-state index in [0.29, 0.717) is 6.04 Å². The summed E-state index contributed by atoms with van der Waals surface area (Å²) in [5.41, 5.74) is 3.87. The maximum absolute atomic E-state index is 6.11. The monoisotopic (exact) mass is 247 g/mol. The number of hydrogen-bond acceptors (Lipinski definition) is 2. The molecule has 0 spiro atoms. The molecule has 1 aromatic rings. The van der Waals surface area contributed by atoms with Crippen molar-refractivity contribution in [2.45, 2.75) is 52.2 Å². The molecule has 2 atom stereocenters. The van der Waals surface area contributed by atoms with Gasteiger partial charge >= 0.3 is 0 Å². The van der Waals surface area contributed by atoms with Crippen LogP contribution in [0.4, 0.5) is 0 Å². The largest absolute Gasteiger partial charge is 0.370 e. The van der Waals surface area contributed by atoms with Gasteiger partial charge in [-0.1, -0.05) is 30.7 Å². The molecule has 0 bridgehead atoms. The van der Waals surface area contributed by atoms with Crippen LogP contribution in [0.3, 0.4) is 0 Å². The summed E-state index contributed by atoms with van der Waals surface area (Å²) in [5, 5.41) is 3.56. The predicted octanol–water partition coefficient (Wildman–Crippen LogP) is 3.31. The summed E-state index contributed by atoms with van der Waals surface area (Å²) >= 11 is 0. The van der Waals surface area contributed by atoms with Crippen LogP contribution in [0.2, 0.25) is 0 Å². The molecular formula is C16H25NO. The summed E-state index contributed by atoms with van der Waals surface area (Å²) in [5.74, 6) is 0. The lowest BCUT2D eigenvalue weighted by Gasteiger charge is -2.40. The number of benzene rings is 1. The quantitative estimate of drug-likeness (QED) is 0.885. The first-order valence-electron chi connectivity index (χ1n) is 7.00. The summed E-state index contributed by atoms with van der Waals surface area (Å²) in [6.45, 7) is 10.6. The minimum absolute atomic E-state index is 0.136. The average molecular weight is 247 g/mol. The third kappa shape index (κ3) is 2.76. The fourth-order valence-electron chi connectivity index (χ4n) is 3.12. The molecule has 2 rings (SSSR count). The van der Waals surface area contributed by atoms with Gasteiger partial charge in [-0.2, -0.15) is 0 Å². The van der Waals surface area contributed by atoms with Crippen molar-refractivity contribution in [2.75, 3.05) is 13.2 Å². The highest BCUT2D eigenvalue weighted by Crippen LogP contribution is 2.36. The lowest BCUT2D eigenvalue weighted by atomic mass is 9.83. The maximum atomic E-state index is 6.11. The molecule has 1 fully saturated rings. The van der Waals surface area contributed by atoms with Crippen LogP contribution < -0.4 is 5.32 Å². The molecule has 0 saturated carbocycles. The van der Waals surface area contributed by atoms with Crippen LogP contribution in [0.5, 0.6) is 0 Å². The van der Waals surface area contributed by atoms with E-state index in [1.807, 2.05) is 0 Å². The molecule has 0 aromatic heterocycles. The van der Waals surface area contributed by atoms with Gasteiger partial charge in [-0.05, 0) is 51.3 Å². The van der Waals surface area contributed by atoms with Gasteiger partial charge in [0, 0.05) is 12.6 Å². The van der Waals surface area contributed by atoms with Gasteiger partial charge < -0.3 is 10.1 Å². The smallest absolute Gasteiger partial charge is 0.0920 e. The second-order valence-corrected chi connectivity index (χ2v) is 5.65. The molecule has 1 N–H and O–H groups in total. The van der Waals surface area contributed by atoms with Crippen LogP contribution in [0.25, 0.3) is 0 Å². The minimum Gasteiger partial charge on any atom is -0.370 e. The van der Waals surface area contributed by atoms with Gasteiger partial charge in [0.2, 0.25) is 0 Å². The molecule has 100 valence electrons. The number of rotatable bonds is 3. The summed E-state index contributed by atoms with van der Waals surface area (Å²) in [7, 11) is 0. The van der Waals surface area contributed by atoms with Gasteiger partial charge in [-0.3, -0.25) is 0 Å². The molecule has 1 aromatic carbocycles. The normalized spacial score (nSPS) is 28.3. The Morgan fingerprint density at radius 3 is 2.83 bits per heavy atom. The zero-order valence-corrected chi connectivity index (χ0v) is 12.0. The molecule has 2 unspecified atom stereocenters. The van der Waals surface area contributed by atoms with E-state index in [2.05, 4.69) is 51.2 Å². The van der Waals surface area contributed by atoms with Crippen LogP contribution in [-0.4, -0.2) is 19.2 Å². The van der Waals surface area contributed by atoms with Crippen molar-refractivity contribution in [3.8, 4) is 0 Å². The Hall–Kier alpha value is -0.860. The van der Waals surface area contributed by atoms with Crippen molar-refractivity contribution in [1.29, 1.82) is 0 Å². The summed E-state index contributed by atoms with van der Waals surface area (Å²) in [6, 6.07) is 7.25. The van der Waals surface area contributed by atoms with E-state index in [1.54, 1.807) is 0 Å². The Kier molecular flexibility index (Phi) is 4.08. The van der Waals surface area contributed by atoms with Crippen molar-refractivity contribution < 1.29 is 4.74 Å². The lowest BCUT2D eigenvalue weighted by Crippen LogP contribution is -2.44. The van der Waals surface area contributed by atoms with Gasteiger partial charge in [-0.25, -0.2) is 0 Å². The summed E-state index contributed by atoms with van der Waals surface area (Å²) in [6.07, 6.45) is 2.18. The maximum Gasteiger partial charge on any atom is 0.0920 e. The molecule has 1 heterocycles. The van der Waals surface area contributed by atoms with Crippen LogP contribution in [0, 0.1) is 13.8 Å². The van der Waals surface area contributed by atoms with E-state index in [9.17, 15) is 0 Å². The predicted molar refractivity (Wildman–Crippen MR) is 75.9 cm³/mol. The van der Waals surface area contributed by atoms with Gasteiger partial charge in [0.1, 0.15) is 0 Å². The highest BCUT2D eigenvalue weighted by atomic mass is 16.5. The highest BCUT2D eigenvalue weighted by Gasteiger charge is 2.35. The Morgan fingerprint density at radius 2 is 2.17 bits per heavy atom. The Bertz CT molecular complexity index is 414. The van der Waals surface area contributed by atoms with Gasteiger partial charge in [0.15, 0.2) is 0 Å². The van der Waals surface area contributed by atoms with Crippen LogP contribution in [0.15, 0.2) is 18.2 Å². The average Bonchev–Trinajstić information content (AvgIpc) is 2.28. The number of ether oxygens (including phenoxy) is 1. The lowest BCUT2D eigenvalue weighted by molar-refractivity contribution is -0.0814. The Balaban J connectivity index is 2.24. The number of hydrogen-bond donors (Lipinski definition) is 1. The van der Waals surface area contributed by atoms with Crippen molar-refractivity contribution in [3.63, 3.8) is 0 Å². The molecular weight excluding hydrogens is 222 g/mol. The fraction of sp³-hybridized carbons (Fsp3) is 0.625. The Morgan fingerprint density at radius 1 is 1.39 bits per heavy atom. The molecule has 1 saturated heterocycles. The molecule has 0 aliphatic carbocycles. The second kappa shape index (κ2) is 5.41. The molecule has 1 aliphatic rings. The second-order valence-electron chi connectivity index (χ2n) is 5.65. The van der Waals surface area contributed by atoms with E-state index in [4.69, 9.17) is 4.74 Å². The Labute approximate surface area is 111 Å².